The smallest absolute Gasteiger partial charge is 0.243 e. The molecule has 3 aromatic carbocycles. The molecule has 0 aliphatic heterocycles. The first-order valence-electron chi connectivity index (χ1n) is 13.4. The molecule has 40 heavy (non-hydrogen) atoms. The largest absolute Gasteiger partial charge is 0.355 e. The standard InChI is InChI=1S/C31H38FN3O4S/c1-5-33-31(37)29(21-25-10-7-6-8-11-25)34(22-26-13-15-27(32)16-14-26)30(36)12-9-17-35(40(4,38)39)28-19-23(2)18-24(3)20-28/h6-8,10-11,13-16,18-20,29H,5,9,12,17,21-22H2,1-4H3,(H,33,37)/t29-/m1/s1. The van der Waals surface area contributed by atoms with Gasteiger partial charge in [-0.2, -0.15) is 0 Å². The van der Waals surface area contributed by atoms with Gasteiger partial charge in [0, 0.05) is 32.5 Å². The predicted molar refractivity (Wildman–Crippen MR) is 157 cm³/mol. The quantitative estimate of drug-likeness (QED) is 0.323. The van der Waals surface area contributed by atoms with Crippen LogP contribution in [0, 0.1) is 19.7 Å². The van der Waals surface area contributed by atoms with Gasteiger partial charge in [-0.15, -0.1) is 0 Å². The Morgan fingerprint density at radius 2 is 1.55 bits per heavy atom. The minimum Gasteiger partial charge on any atom is -0.355 e. The molecule has 1 N–H and O–H groups in total. The number of rotatable bonds is 13. The molecule has 0 aliphatic carbocycles. The van der Waals surface area contributed by atoms with Crippen LogP contribution in [0.15, 0.2) is 72.8 Å². The number of anilines is 1. The normalized spacial score (nSPS) is 12.0. The summed E-state index contributed by atoms with van der Waals surface area (Å²) in [5.41, 5.74) is 4.02. The number of hydrogen-bond acceptors (Lipinski definition) is 4. The molecular weight excluding hydrogens is 529 g/mol. The van der Waals surface area contributed by atoms with E-state index in [2.05, 4.69) is 5.32 Å². The van der Waals surface area contributed by atoms with Gasteiger partial charge in [0.2, 0.25) is 21.8 Å². The van der Waals surface area contributed by atoms with E-state index in [0.29, 0.717) is 24.2 Å². The van der Waals surface area contributed by atoms with Crippen LogP contribution in [0.5, 0.6) is 0 Å². The maximum Gasteiger partial charge on any atom is 0.243 e. The Bertz CT molecular complexity index is 1380. The Kier molecular flexibility index (Phi) is 10.8. The first kappa shape index (κ1) is 30.8. The van der Waals surface area contributed by atoms with Gasteiger partial charge in [-0.3, -0.25) is 13.9 Å². The highest BCUT2D eigenvalue weighted by molar-refractivity contribution is 7.92. The van der Waals surface area contributed by atoms with Gasteiger partial charge in [0.1, 0.15) is 11.9 Å². The van der Waals surface area contributed by atoms with E-state index in [1.54, 1.807) is 12.1 Å². The lowest BCUT2D eigenvalue weighted by Crippen LogP contribution is -2.50. The third-order valence-electron chi connectivity index (χ3n) is 6.53. The van der Waals surface area contributed by atoms with E-state index in [0.717, 1.165) is 22.9 Å². The molecule has 3 aromatic rings. The Hall–Kier alpha value is -3.72. The minimum atomic E-state index is -3.59. The molecule has 9 heteroatoms. The van der Waals surface area contributed by atoms with Crippen LogP contribution in [-0.4, -0.2) is 50.5 Å². The molecule has 0 saturated heterocycles. The fourth-order valence-corrected chi connectivity index (χ4v) is 5.68. The maximum atomic E-state index is 13.7. The molecule has 3 rings (SSSR count). The Morgan fingerprint density at radius 3 is 2.12 bits per heavy atom. The van der Waals surface area contributed by atoms with Gasteiger partial charge >= 0.3 is 0 Å². The monoisotopic (exact) mass is 567 g/mol. The van der Waals surface area contributed by atoms with E-state index in [1.807, 2.05) is 69.3 Å². The van der Waals surface area contributed by atoms with E-state index in [4.69, 9.17) is 0 Å². The van der Waals surface area contributed by atoms with Crippen LogP contribution in [0.2, 0.25) is 0 Å². The number of nitrogens with one attached hydrogen (secondary N) is 1. The van der Waals surface area contributed by atoms with E-state index in [-0.39, 0.29) is 37.7 Å². The molecule has 0 aromatic heterocycles. The Morgan fingerprint density at radius 1 is 0.925 bits per heavy atom. The fraction of sp³-hybridized carbons (Fsp3) is 0.355. The first-order chi connectivity index (χ1) is 19.0. The average molecular weight is 568 g/mol. The van der Waals surface area contributed by atoms with E-state index >= 15 is 0 Å². The summed E-state index contributed by atoms with van der Waals surface area (Å²) in [4.78, 5) is 28.5. The molecular formula is C31H38FN3O4S. The van der Waals surface area contributed by atoms with Crippen molar-refractivity contribution >= 4 is 27.5 Å². The zero-order valence-electron chi connectivity index (χ0n) is 23.6. The summed E-state index contributed by atoms with van der Waals surface area (Å²) >= 11 is 0. The Labute approximate surface area is 237 Å². The van der Waals surface area contributed by atoms with Crippen molar-refractivity contribution in [3.63, 3.8) is 0 Å². The SMILES string of the molecule is CCNC(=O)[C@@H](Cc1ccccc1)N(Cc1ccc(F)cc1)C(=O)CCCN(c1cc(C)cc(C)c1)S(C)(=O)=O. The zero-order valence-corrected chi connectivity index (χ0v) is 24.4. The van der Waals surface area contributed by atoms with E-state index in [9.17, 15) is 22.4 Å². The molecule has 0 radical (unpaired) electrons. The number of amides is 2. The molecule has 214 valence electrons. The Balaban J connectivity index is 1.87. The number of benzene rings is 3. The van der Waals surface area contributed by atoms with Crippen molar-refractivity contribution in [3.8, 4) is 0 Å². The molecule has 0 fully saturated rings. The summed E-state index contributed by atoms with van der Waals surface area (Å²) < 4.78 is 40.2. The van der Waals surface area contributed by atoms with Crippen molar-refractivity contribution in [2.45, 2.75) is 52.6 Å². The molecule has 0 heterocycles. The third-order valence-corrected chi connectivity index (χ3v) is 7.73. The third kappa shape index (κ3) is 8.91. The van der Waals surface area contributed by atoms with Crippen molar-refractivity contribution in [2.24, 2.45) is 0 Å². The molecule has 0 unspecified atom stereocenters. The predicted octanol–water partition coefficient (Wildman–Crippen LogP) is 4.76. The van der Waals surface area contributed by atoms with Crippen LogP contribution in [0.4, 0.5) is 10.1 Å². The molecule has 0 bridgehead atoms. The van der Waals surface area contributed by atoms with Crippen LogP contribution >= 0.6 is 0 Å². The van der Waals surface area contributed by atoms with Gasteiger partial charge in [-0.05, 0) is 73.7 Å². The van der Waals surface area contributed by atoms with Crippen molar-refractivity contribution in [1.29, 1.82) is 0 Å². The van der Waals surface area contributed by atoms with Crippen LogP contribution in [0.1, 0.15) is 42.0 Å². The maximum absolute atomic E-state index is 13.7. The number of carbonyl (C=O) groups is 2. The van der Waals surface area contributed by atoms with Crippen LogP contribution in [-0.2, 0) is 32.6 Å². The van der Waals surface area contributed by atoms with Crippen LogP contribution in [0.25, 0.3) is 0 Å². The van der Waals surface area contributed by atoms with Gasteiger partial charge in [0.25, 0.3) is 0 Å². The number of sulfonamides is 1. The topological polar surface area (TPSA) is 86.8 Å². The van der Waals surface area contributed by atoms with Crippen molar-refractivity contribution in [3.05, 3.63) is 101 Å². The van der Waals surface area contributed by atoms with Crippen LogP contribution < -0.4 is 9.62 Å². The van der Waals surface area contributed by atoms with Crippen molar-refractivity contribution < 1.29 is 22.4 Å². The molecule has 0 spiro atoms. The zero-order chi connectivity index (χ0) is 29.3. The highest BCUT2D eigenvalue weighted by Crippen LogP contribution is 2.23. The van der Waals surface area contributed by atoms with Crippen molar-refractivity contribution in [2.75, 3.05) is 23.7 Å². The van der Waals surface area contributed by atoms with Gasteiger partial charge in [0.15, 0.2) is 0 Å². The summed E-state index contributed by atoms with van der Waals surface area (Å²) in [6.45, 7) is 6.26. The second kappa shape index (κ2) is 14.1. The summed E-state index contributed by atoms with van der Waals surface area (Å²) in [5.74, 6) is -0.960. The molecule has 2 amide bonds. The lowest BCUT2D eigenvalue weighted by Gasteiger charge is -2.32. The van der Waals surface area contributed by atoms with Crippen LogP contribution in [0.3, 0.4) is 0 Å². The van der Waals surface area contributed by atoms with Gasteiger partial charge in [-0.25, -0.2) is 12.8 Å². The highest BCUT2D eigenvalue weighted by atomic mass is 32.2. The van der Waals surface area contributed by atoms with Crippen molar-refractivity contribution in [1.82, 2.24) is 10.2 Å². The number of nitrogens with zero attached hydrogens (tertiary/aromatic N) is 2. The number of likely N-dealkylation sites (N-methyl/N-ethyl adjacent to an activating group) is 1. The number of hydrogen-bond donors (Lipinski definition) is 1. The molecule has 0 aliphatic rings. The molecule has 0 saturated carbocycles. The van der Waals surface area contributed by atoms with E-state index < -0.39 is 21.9 Å². The van der Waals surface area contributed by atoms with Gasteiger partial charge in [0.05, 0.1) is 11.9 Å². The molecule has 7 nitrogen and oxygen atoms in total. The average Bonchev–Trinajstić information content (AvgIpc) is 2.89. The van der Waals surface area contributed by atoms with E-state index in [1.165, 1.54) is 21.3 Å². The minimum absolute atomic E-state index is 0.0305. The summed E-state index contributed by atoms with van der Waals surface area (Å²) in [5, 5.41) is 2.84. The summed E-state index contributed by atoms with van der Waals surface area (Å²) in [6, 6.07) is 20.1. The molecule has 1 atom stereocenters. The van der Waals surface area contributed by atoms with Gasteiger partial charge < -0.3 is 10.2 Å². The van der Waals surface area contributed by atoms with Gasteiger partial charge in [-0.1, -0.05) is 48.5 Å². The summed E-state index contributed by atoms with van der Waals surface area (Å²) in [7, 11) is -3.59. The summed E-state index contributed by atoms with van der Waals surface area (Å²) in [6.07, 6.45) is 1.74. The highest BCUT2D eigenvalue weighted by Gasteiger charge is 2.30. The second-order valence-corrected chi connectivity index (χ2v) is 11.9. The lowest BCUT2D eigenvalue weighted by molar-refractivity contribution is -0.141. The number of aryl methyl sites for hydroxylation is 2. The first-order valence-corrected chi connectivity index (χ1v) is 15.2. The second-order valence-electron chi connectivity index (χ2n) is 10.0. The lowest BCUT2D eigenvalue weighted by atomic mass is 10.0. The number of carbonyl (C=O) groups excluding carboxylic acids is 2. The number of halogens is 1. The fourth-order valence-electron chi connectivity index (χ4n) is 4.73.